The van der Waals surface area contributed by atoms with Crippen LogP contribution in [0.25, 0.3) is 0 Å². The van der Waals surface area contributed by atoms with E-state index in [9.17, 15) is 8.42 Å². The molecule has 0 aromatic rings. The Bertz CT molecular complexity index is 382. The highest BCUT2D eigenvalue weighted by atomic mass is 32.2. The average Bonchev–Trinajstić information content (AvgIpc) is 2.22. The van der Waals surface area contributed by atoms with Crippen LogP contribution < -0.4 is 0 Å². The third-order valence-electron chi connectivity index (χ3n) is 3.59. The van der Waals surface area contributed by atoms with E-state index in [1.54, 1.807) is 7.05 Å². The van der Waals surface area contributed by atoms with Gasteiger partial charge in [-0.2, -0.15) is 4.31 Å². The Morgan fingerprint density at radius 1 is 1.15 bits per heavy atom. The van der Waals surface area contributed by atoms with Crippen LogP contribution in [-0.2, 0) is 14.8 Å². The summed E-state index contributed by atoms with van der Waals surface area (Å²) in [7, 11) is -1.52. The fourth-order valence-electron chi connectivity index (χ4n) is 2.30. The molecule has 0 aliphatic rings. The molecule has 0 rings (SSSR count). The molecule has 0 aromatic carbocycles. The lowest BCUT2D eigenvalue weighted by molar-refractivity contribution is -0.0304. The fraction of sp³-hybridized carbons (Fsp3) is 1.00. The summed E-state index contributed by atoms with van der Waals surface area (Å²) in [6, 6.07) is 0. The van der Waals surface area contributed by atoms with Crippen molar-refractivity contribution in [2.75, 3.05) is 19.9 Å². The highest BCUT2D eigenvalue weighted by Crippen LogP contribution is 2.28. The molecule has 4 nitrogen and oxygen atoms in total. The summed E-state index contributed by atoms with van der Waals surface area (Å²) in [6.07, 6.45) is 4.20. The van der Waals surface area contributed by atoms with Crippen LogP contribution in [0, 0.1) is 5.92 Å². The Morgan fingerprint density at radius 2 is 1.65 bits per heavy atom. The third kappa shape index (κ3) is 7.60. The quantitative estimate of drug-likeness (QED) is 0.691. The van der Waals surface area contributed by atoms with E-state index in [-0.39, 0.29) is 5.60 Å². The topological polar surface area (TPSA) is 46.6 Å². The van der Waals surface area contributed by atoms with Crippen LogP contribution in [0.1, 0.15) is 60.8 Å². The van der Waals surface area contributed by atoms with Crippen molar-refractivity contribution in [2.45, 2.75) is 71.9 Å². The lowest BCUT2D eigenvalue weighted by Gasteiger charge is -2.37. The normalized spacial score (nSPS) is 15.7. The molecule has 0 radical (unpaired) electrons. The molecule has 0 amide bonds. The molecule has 5 heteroatoms. The van der Waals surface area contributed by atoms with Gasteiger partial charge in [0, 0.05) is 12.6 Å². The zero-order chi connectivity index (χ0) is 16.2. The van der Waals surface area contributed by atoms with Crippen molar-refractivity contribution < 1.29 is 13.2 Å². The molecule has 0 heterocycles. The molecular formula is C15H33NO3S. The molecule has 0 fully saturated rings. The molecule has 0 bridgehead atoms. The zero-order valence-electron chi connectivity index (χ0n) is 14.5. The highest BCUT2D eigenvalue weighted by Gasteiger charge is 2.33. The number of hydrogen-bond acceptors (Lipinski definition) is 3. The van der Waals surface area contributed by atoms with Gasteiger partial charge in [-0.15, -0.1) is 0 Å². The average molecular weight is 308 g/mol. The Morgan fingerprint density at radius 3 is 2.00 bits per heavy atom. The van der Waals surface area contributed by atoms with Gasteiger partial charge in [-0.3, -0.25) is 0 Å². The first-order chi connectivity index (χ1) is 8.79. The fourth-order valence-corrected chi connectivity index (χ4v) is 3.28. The van der Waals surface area contributed by atoms with Crippen LogP contribution in [0.4, 0.5) is 0 Å². The maximum absolute atomic E-state index is 11.7. The van der Waals surface area contributed by atoms with E-state index in [2.05, 4.69) is 6.92 Å². The predicted octanol–water partition coefficient (Wildman–Crippen LogP) is 3.28. The van der Waals surface area contributed by atoms with Gasteiger partial charge >= 0.3 is 0 Å². The van der Waals surface area contributed by atoms with Gasteiger partial charge in [0.15, 0.2) is 0 Å². The first-order valence-electron chi connectivity index (χ1n) is 7.37. The summed E-state index contributed by atoms with van der Waals surface area (Å²) in [5, 5.41) is 0. The minimum Gasteiger partial charge on any atom is -0.376 e. The molecule has 0 spiro atoms. The lowest BCUT2D eigenvalue weighted by atomic mass is 9.88. The second-order valence-electron chi connectivity index (χ2n) is 7.33. The summed E-state index contributed by atoms with van der Waals surface area (Å²) in [6.45, 7) is 12.9. The molecule has 0 saturated heterocycles. The van der Waals surface area contributed by atoms with Crippen LogP contribution in [0.15, 0.2) is 0 Å². The lowest BCUT2D eigenvalue weighted by Crippen LogP contribution is -2.46. The number of hydrogen-bond donors (Lipinski definition) is 0. The van der Waals surface area contributed by atoms with E-state index in [4.69, 9.17) is 4.74 Å². The van der Waals surface area contributed by atoms with Gasteiger partial charge in [0.05, 0.1) is 18.5 Å². The Kier molecular flexibility index (Phi) is 7.18. The highest BCUT2D eigenvalue weighted by molar-refractivity contribution is 7.88. The van der Waals surface area contributed by atoms with Crippen LogP contribution in [0.2, 0.25) is 0 Å². The predicted molar refractivity (Wildman–Crippen MR) is 85.4 cm³/mol. The van der Waals surface area contributed by atoms with E-state index in [0.29, 0.717) is 12.5 Å². The van der Waals surface area contributed by atoms with E-state index in [0.717, 1.165) is 19.3 Å². The number of sulfonamides is 1. The zero-order valence-corrected chi connectivity index (χ0v) is 15.3. The third-order valence-corrected chi connectivity index (χ3v) is 5.08. The van der Waals surface area contributed by atoms with E-state index < -0.39 is 15.6 Å². The second kappa shape index (κ2) is 7.23. The molecule has 0 N–H and O–H groups in total. The minimum atomic E-state index is -3.17. The van der Waals surface area contributed by atoms with Crippen molar-refractivity contribution in [1.29, 1.82) is 0 Å². The molecule has 20 heavy (non-hydrogen) atoms. The van der Waals surface area contributed by atoms with Crippen LogP contribution >= 0.6 is 0 Å². The number of ether oxygens (including phenoxy) is 1. The van der Waals surface area contributed by atoms with Crippen molar-refractivity contribution in [1.82, 2.24) is 4.31 Å². The van der Waals surface area contributed by atoms with E-state index >= 15 is 0 Å². The summed E-state index contributed by atoms with van der Waals surface area (Å²) >= 11 is 0. The van der Waals surface area contributed by atoms with E-state index in [1.807, 2.05) is 34.6 Å². The van der Waals surface area contributed by atoms with Crippen LogP contribution in [0.5, 0.6) is 0 Å². The van der Waals surface area contributed by atoms with E-state index in [1.165, 1.54) is 10.6 Å². The molecular weight excluding hydrogens is 274 g/mol. The standard InChI is InChI=1S/C15H33NO3S/c1-9-10-13(12-19-14(2,3)4)11-15(5,6)16(7)20(8,17)18/h13H,9-12H2,1-8H3. The minimum absolute atomic E-state index is 0.154. The molecule has 1 unspecified atom stereocenters. The summed E-state index contributed by atoms with van der Waals surface area (Å²) in [5.41, 5.74) is -0.548. The van der Waals surface area contributed by atoms with Gasteiger partial charge in [0.2, 0.25) is 10.0 Å². The summed E-state index contributed by atoms with van der Waals surface area (Å²) < 4.78 is 30.8. The summed E-state index contributed by atoms with van der Waals surface area (Å²) in [4.78, 5) is 0. The Hall–Kier alpha value is -0.130. The molecule has 1 atom stereocenters. The second-order valence-corrected chi connectivity index (χ2v) is 9.34. The van der Waals surface area contributed by atoms with Crippen molar-refractivity contribution in [3.05, 3.63) is 0 Å². The molecule has 0 saturated carbocycles. The van der Waals surface area contributed by atoms with Crippen molar-refractivity contribution in [2.24, 2.45) is 5.92 Å². The molecule has 0 aromatic heterocycles. The first-order valence-corrected chi connectivity index (χ1v) is 9.22. The summed E-state index contributed by atoms with van der Waals surface area (Å²) in [5.74, 6) is 0.374. The number of rotatable bonds is 8. The van der Waals surface area contributed by atoms with Gasteiger partial charge < -0.3 is 4.74 Å². The first kappa shape index (κ1) is 19.9. The SMILES string of the molecule is CCCC(COC(C)(C)C)CC(C)(C)N(C)S(C)(=O)=O. The van der Waals surface area contributed by atoms with Gasteiger partial charge in [0.25, 0.3) is 0 Å². The van der Waals surface area contributed by atoms with Crippen molar-refractivity contribution >= 4 is 10.0 Å². The Balaban J connectivity index is 4.80. The molecule has 122 valence electrons. The monoisotopic (exact) mass is 307 g/mol. The largest absolute Gasteiger partial charge is 0.376 e. The van der Waals surface area contributed by atoms with Crippen molar-refractivity contribution in [3.63, 3.8) is 0 Å². The maximum Gasteiger partial charge on any atom is 0.211 e. The van der Waals surface area contributed by atoms with Gasteiger partial charge in [-0.25, -0.2) is 8.42 Å². The van der Waals surface area contributed by atoms with Crippen LogP contribution in [0.3, 0.4) is 0 Å². The number of nitrogens with zero attached hydrogens (tertiary/aromatic N) is 1. The van der Waals surface area contributed by atoms with Gasteiger partial charge in [-0.05, 0) is 53.4 Å². The van der Waals surface area contributed by atoms with Crippen molar-refractivity contribution in [3.8, 4) is 0 Å². The van der Waals surface area contributed by atoms with Gasteiger partial charge in [-0.1, -0.05) is 13.3 Å². The maximum atomic E-state index is 11.7. The van der Waals surface area contributed by atoms with Gasteiger partial charge in [0.1, 0.15) is 0 Å². The Labute approximate surface area is 125 Å². The molecule has 0 aliphatic carbocycles. The van der Waals surface area contributed by atoms with Crippen LogP contribution in [-0.4, -0.2) is 43.8 Å². The smallest absolute Gasteiger partial charge is 0.211 e. The molecule has 0 aliphatic heterocycles.